The quantitative estimate of drug-likeness (QED) is 0.676. The molecule has 74 valence electrons. The van der Waals surface area contributed by atoms with Crippen molar-refractivity contribution in [2.75, 3.05) is 0 Å². The topological polar surface area (TPSA) is 30.2 Å². The molecule has 14 heavy (non-hydrogen) atoms. The van der Waals surface area contributed by atoms with Crippen LogP contribution in [0, 0.1) is 13.8 Å². The van der Waals surface area contributed by atoms with Gasteiger partial charge in [0.1, 0.15) is 5.15 Å². The fourth-order valence-electron chi connectivity index (χ4n) is 1.54. The number of aromatic nitrogens is 3. The summed E-state index contributed by atoms with van der Waals surface area (Å²) in [6.45, 7) is 6.04. The molecule has 0 fully saturated rings. The van der Waals surface area contributed by atoms with Crippen molar-refractivity contribution < 1.29 is 0 Å². The highest BCUT2D eigenvalue weighted by Gasteiger charge is 2.10. The zero-order chi connectivity index (χ0) is 10.3. The minimum atomic E-state index is 0.667. The second-order valence-electron chi connectivity index (χ2n) is 3.39. The van der Waals surface area contributed by atoms with E-state index in [4.69, 9.17) is 11.6 Å². The van der Waals surface area contributed by atoms with Gasteiger partial charge in [0.2, 0.25) is 0 Å². The normalized spacial score (nSPS) is 11.1. The smallest absolute Gasteiger partial charge is 0.159 e. The maximum absolute atomic E-state index is 6.18. The molecule has 0 aliphatic rings. The summed E-state index contributed by atoms with van der Waals surface area (Å²) in [5.74, 6) is 0. The Labute approximate surface area is 87.7 Å². The largest absolute Gasteiger partial charge is 0.233 e. The second-order valence-corrected chi connectivity index (χ2v) is 3.75. The van der Waals surface area contributed by atoms with Crippen LogP contribution in [0.5, 0.6) is 0 Å². The van der Waals surface area contributed by atoms with E-state index in [1.807, 2.05) is 13.8 Å². The van der Waals surface area contributed by atoms with E-state index < -0.39 is 0 Å². The first kappa shape index (κ1) is 9.46. The van der Waals surface area contributed by atoms with E-state index in [2.05, 4.69) is 17.0 Å². The number of fused-ring (bicyclic) bond motifs is 1. The lowest BCUT2D eigenvalue weighted by molar-refractivity contribution is 0.895. The van der Waals surface area contributed by atoms with Gasteiger partial charge in [0.25, 0.3) is 0 Å². The van der Waals surface area contributed by atoms with Crippen LogP contribution in [0.15, 0.2) is 6.20 Å². The molecule has 0 atom stereocenters. The molecule has 3 nitrogen and oxygen atoms in total. The minimum absolute atomic E-state index is 0.667. The van der Waals surface area contributed by atoms with Crippen LogP contribution in [0.25, 0.3) is 5.65 Å². The number of rotatable bonds is 1. The fraction of sp³-hybridized carbons (Fsp3) is 0.400. The zero-order valence-corrected chi connectivity index (χ0v) is 9.26. The molecular formula is C10H12ClN3. The summed E-state index contributed by atoms with van der Waals surface area (Å²) in [5.41, 5.74) is 3.98. The molecule has 0 N–H and O–H groups in total. The molecule has 0 saturated carbocycles. The Balaban J connectivity index is 2.87. The molecule has 2 aromatic heterocycles. The number of hydrogen-bond donors (Lipinski definition) is 0. The Morgan fingerprint density at radius 3 is 2.79 bits per heavy atom. The third-order valence-corrected chi connectivity index (χ3v) is 2.87. The highest BCUT2D eigenvalue weighted by atomic mass is 35.5. The van der Waals surface area contributed by atoms with Crippen LogP contribution in [0.3, 0.4) is 0 Å². The van der Waals surface area contributed by atoms with E-state index in [0.29, 0.717) is 5.15 Å². The molecule has 0 radical (unpaired) electrons. The van der Waals surface area contributed by atoms with Crippen molar-refractivity contribution in [3.8, 4) is 0 Å². The average molecular weight is 210 g/mol. The number of hydrogen-bond acceptors (Lipinski definition) is 2. The molecular weight excluding hydrogens is 198 g/mol. The zero-order valence-electron chi connectivity index (χ0n) is 8.50. The maximum atomic E-state index is 6.18. The van der Waals surface area contributed by atoms with Crippen LogP contribution in [0.4, 0.5) is 0 Å². The van der Waals surface area contributed by atoms with Crippen molar-refractivity contribution in [3.05, 3.63) is 28.2 Å². The van der Waals surface area contributed by atoms with E-state index >= 15 is 0 Å². The molecule has 0 unspecified atom stereocenters. The average Bonchev–Trinajstić information content (AvgIpc) is 2.54. The molecule has 2 aromatic rings. The highest BCUT2D eigenvalue weighted by molar-refractivity contribution is 6.30. The molecule has 0 aliphatic carbocycles. The molecule has 0 saturated heterocycles. The van der Waals surface area contributed by atoms with Gasteiger partial charge in [-0.2, -0.15) is 5.10 Å². The fourth-order valence-corrected chi connectivity index (χ4v) is 1.77. The van der Waals surface area contributed by atoms with Gasteiger partial charge < -0.3 is 0 Å². The first-order valence-corrected chi connectivity index (χ1v) is 5.02. The van der Waals surface area contributed by atoms with Crippen LogP contribution >= 0.6 is 11.6 Å². The van der Waals surface area contributed by atoms with E-state index in [1.165, 1.54) is 0 Å². The molecule has 2 rings (SSSR count). The Kier molecular flexibility index (Phi) is 2.19. The molecule has 0 amide bonds. The predicted octanol–water partition coefficient (Wildman–Crippen LogP) is 2.56. The molecule has 0 aliphatic heterocycles. The van der Waals surface area contributed by atoms with Gasteiger partial charge in [0.05, 0.1) is 6.20 Å². The first-order chi connectivity index (χ1) is 6.65. The third kappa shape index (κ3) is 1.20. The highest BCUT2D eigenvalue weighted by Crippen LogP contribution is 2.21. The number of halogens is 1. The van der Waals surface area contributed by atoms with Crippen molar-refractivity contribution in [2.45, 2.75) is 27.2 Å². The van der Waals surface area contributed by atoms with Crippen molar-refractivity contribution in [3.63, 3.8) is 0 Å². The van der Waals surface area contributed by atoms with Gasteiger partial charge in [-0.25, -0.2) is 9.50 Å². The summed E-state index contributed by atoms with van der Waals surface area (Å²) in [7, 11) is 0. The summed E-state index contributed by atoms with van der Waals surface area (Å²) in [6, 6.07) is 0. The summed E-state index contributed by atoms with van der Waals surface area (Å²) < 4.78 is 1.69. The van der Waals surface area contributed by atoms with Crippen molar-refractivity contribution in [1.82, 2.24) is 14.6 Å². The van der Waals surface area contributed by atoms with Crippen LogP contribution in [-0.4, -0.2) is 14.6 Å². The van der Waals surface area contributed by atoms with E-state index in [1.54, 1.807) is 10.7 Å². The molecule has 2 heterocycles. The molecule has 4 heteroatoms. The Bertz CT molecular complexity index is 488. The first-order valence-electron chi connectivity index (χ1n) is 4.64. The predicted molar refractivity (Wildman–Crippen MR) is 56.8 cm³/mol. The van der Waals surface area contributed by atoms with Crippen molar-refractivity contribution in [2.24, 2.45) is 0 Å². The monoisotopic (exact) mass is 209 g/mol. The maximum Gasteiger partial charge on any atom is 0.159 e. The summed E-state index contributed by atoms with van der Waals surface area (Å²) >= 11 is 6.18. The van der Waals surface area contributed by atoms with Gasteiger partial charge in [-0.15, -0.1) is 0 Å². The molecule has 0 aromatic carbocycles. The SMILES string of the molecule is CCc1nc2c(C)cnn2c(Cl)c1C. The summed E-state index contributed by atoms with van der Waals surface area (Å²) in [6.07, 6.45) is 2.68. The Morgan fingerprint density at radius 1 is 1.43 bits per heavy atom. The second kappa shape index (κ2) is 3.24. The number of nitrogens with zero attached hydrogens (tertiary/aromatic N) is 3. The van der Waals surface area contributed by atoms with Crippen LogP contribution in [0.2, 0.25) is 5.15 Å². The summed E-state index contributed by atoms with van der Waals surface area (Å²) in [4.78, 5) is 4.53. The van der Waals surface area contributed by atoms with Crippen LogP contribution in [0.1, 0.15) is 23.7 Å². The number of aryl methyl sites for hydroxylation is 2. The van der Waals surface area contributed by atoms with Crippen LogP contribution < -0.4 is 0 Å². The Hall–Kier alpha value is -1.09. The van der Waals surface area contributed by atoms with Gasteiger partial charge in [-0.3, -0.25) is 0 Å². The summed E-state index contributed by atoms with van der Waals surface area (Å²) in [5, 5.41) is 4.84. The third-order valence-electron chi connectivity index (χ3n) is 2.42. The van der Waals surface area contributed by atoms with Gasteiger partial charge in [-0.1, -0.05) is 18.5 Å². The van der Waals surface area contributed by atoms with Gasteiger partial charge in [0.15, 0.2) is 5.65 Å². The molecule has 0 bridgehead atoms. The lowest BCUT2D eigenvalue weighted by atomic mass is 10.2. The van der Waals surface area contributed by atoms with Crippen molar-refractivity contribution in [1.29, 1.82) is 0 Å². The minimum Gasteiger partial charge on any atom is -0.233 e. The standard InChI is InChI=1S/C10H12ClN3/c1-4-8-7(3)9(11)14-10(13-8)6(2)5-12-14/h5H,4H2,1-3H3. The lowest BCUT2D eigenvalue weighted by Gasteiger charge is -2.06. The van der Waals surface area contributed by atoms with Gasteiger partial charge in [0, 0.05) is 16.8 Å². The van der Waals surface area contributed by atoms with Crippen molar-refractivity contribution >= 4 is 17.2 Å². The van der Waals surface area contributed by atoms with E-state index in [-0.39, 0.29) is 0 Å². The van der Waals surface area contributed by atoms with Gasteiger partial charge >= 0.3 is 0 Å². The van der Waals surface area contributed by atoms with E-state index in [9.17, 15) is 0 Å². The lowest BCUT2D eigenvalue weighted by Crippen LogP contribution is -2.01. The van der Waals surface area contributed by atoms with E-state index in [0.717, 1.165) is 28.9 Å². The Morgan fingerprint density at radius 2 is 2.14 bits per heavy atom. The molecule has 0 spiro atoms. The van der Waals surface area contributed by atoms with Crippen LogP contribution in [-0.2, 0) is 6.42 Å². The van der Waals surface area contributed by atoms with Gasteiger partial charge in [-0.05, 0) is 20.3 Å².